The summed E-state index contributed by atoms with van der Waals surface area (Å²) in [5.41, 5.74) is 2.05. The second kappa shape index (κ2) is 7.17. The van der Waals surface area contributed by atoms with Crippen molar-refractivity contribution < 1.29 is 4.74 Å². The van der Waals surface area contributed by atoms with Crippen LogP contribution in [-0.2, 0) is 6.54 Å². The van der Waals surface area contributed by atoms with Gasteiger partial charge in [0.05, 0.1) is 0 Å². The van der Waals surface area contributed by atoms with Crippen molar-refractivity contribution >= 4 is 23.2 Å². The maximum Gasteiger partial charge on any atom is 0.133 e. The molecule has 0 aromatic heterocycles. The molecule has 4 heteroatoms. The molecule has 2 nitrogen and oxygen atoms in total. The van der Waals surface area contributed by atoms with Crippen LogP contribution in [0, 0.1) is 6.92 Å². The van der Waals surface area contributed by atoms with E-state index in [9.17, 15) is 0 Å². The molecule has 0 radical (unpaired) electrons. The maximum absolute atomic E-state index is 6.08. The number of benzene rings is 2. The van der Waals surface area contributed by atoms with Gasteiger partial charge in [-0.3, -0.25) is 0 Å². The van der Waals surface area contributed by atoms with Gasteiger partial charge in [-0.2, -0.15) is 0 Å². The molecule has 1 N–H and O–H groups in total. The Morgan fingerprint density at radius 1 is 1.10 bits per heavy atom. The lowest BCUT2D eigenvalue weighted by Gasteiger charge is -2.14. The van der Waals surface area contributed by atoms with E-state index in [0.29, 0.717) is 11.1 Å². The molecule has 0 aliphatic heterocycles. The number of hydrogen-bond donors (Lipinski definition) is 1. The Bertz CT molecular complexity index is 626. The zero-order valence-corrected chi connectivity index (χ0v) is 13.9. The third-order valence-electron chi connectivity index (χ3n) is 3.09. The Hall–Kier alpha value is -1.22. The molecule has 2 rings (SSSR count). The van der Waals surface area contributed by atoms with Crippen molar-refractivity contribution in [1.82, 2.24) is 5.32 Å². The number of aryl methyl sites for hydroxylation is 1. The Morgan fingerprint density at radius 3 is 2.52 bits per heavy atom. The molecule has 0 aliphatic carbocycles. The van der Waals surface area contributed by atoms with E-state index in [2.05, 4.69) is 19.2 Å². The van der Waals surface area contributed by atoms with E-state index in [1.807, 2.05) is 43.3 Å². The van der Waals surface area contributed by atoms with Gasteiger partial charge in [-0.25, -0.2) is 0 Å². The molecule has 2 aromatic rings. The highest BCUT2D eigenvalue weighted by Gasteiger charge is 2.08. The quantitative estimate of drug-likeness (QED) is 0.774. The highest BCUT2D eigenvalue weighted by molar-refractivity contribution is 6.31. The van der Waals surface area contributed by atoms with Gasteiger partial charge in [0, 0.05) is 28.2 Å². The number of nitrogens with one attached hydrogen (secondary N) is 1. The molecule has 0 bridgehead atoms. The summed E-state index contributed by atoms with van der Waals surface area (Å²) in [6.07, 6.45) is 0. The van der Waals surface area contributed by atoms with E-state index >= 15 is 0 Å². The molecule has 112 valence electrons. The lowest BCUT2D eigenvalue weighted by molar-refractivity contribution is 0.469. The number of hydrogen-bond acceptors (Lipinski definition) is 2. The molecule has 21 heavy (non-hydrogen) atoms. The number of rotatable bonds is 5. The molecule has 0 saturated heterocycles. The van der Waals surface area contributed by atoms with E-state index in [-0.39, 0.29) is 0 Å². The van der Waals surface area contributed by atoms with Crippen molar-refractivity contribution in [1.29, 1.82) is 0 Å². The van der Waals surface area contributed by atoms with Gasteiger partial charge in [-0.05, 0) is 42.8 Å². The molecule has 0 fully saturated rings. The fourth-order valence-electron chi connectivity index (χ4n) is 1.89. The van der Waals surface area contributed by atoms with Crippen LogP contribution in [0.25, 0.3) is 0 Å². The minimum atomic E-state index is 0.409. The van der Waals surface area contributed by atoms with Crippen LogP contribution in [0.15, 0.2) is 36.4 Å². The van der Waals surface area contributed by atoms with Crippen molar-refractivity contribution in [2.75, 3.05) is 0 Å². The third kappa shape index (κ3) is 4.63. The summed E-state index contributed by atoms with van der Waals surface area (Å²) in [6, 6.07) is 11.7. The van der Waals surface area contributed by atoms with Crippen LogP contribution >= 0.6 is 23.2 Å². The van der Waals surface area contributed by atoms with Crippen LogP contribution in [0.2, 0.25) is 10.0 Å². The van der Waals surface area contributed by atoms with E-state index in [1.54, 1.807) is 0 Å². The van der Waals surface area contributed by atoms with Gasteiger partial charge in [0.2, 0.25) is 0 Å². The molecule has 0 unspecified atom stereocenters. The van der Waals surface area contributed by atoms with Crippen molar-refractivity contribution in [2.45, 2.75) is 33.4 Å². The summed E-state index contributed by atoms with van der Waals surface area (Å²) in [5, 5.41) is 4.77. The molecule has 0 amide bonds. The summed E-state index contributed by atoms with van der Waals surface area (Å²) in [4.78, 5) is 0. The second-order valence-electron chi connectivity index (χ2n) is 5.30. The monoisotopic (exact) mass is 323 g/mol. The van der Waals surface area contributed by atoms with Gasteiger partial charge in [-0.15, -0.1) is 0 Å². The van der Waals surface area contributed by atoms with Gasteiger partial charge < -0.3 is 10.1 Å². The fourth-order valence-corrected chi connectivity index (χ4v) is 2.17. The largest absolute Gasteiger partial charge is 0.457 e. The van der Waals surface area contributed by atoms with Crippen LogP contribution in [0.5, 0.6) is 11.5 Å². The molecule has 0 atom stereocenters. The molecule has 0 saturated carbocycles. The van der Waals surface area contributed by atoms with E-state index in [1.165, 1.54) is 0 Å². The zero-order valence-electron chi connectivity index (χ0n) is 12.4. The first-order chi connectivity index (χ1) is 9.95. The summed E-state index contributed by atoms with van der Waals surface area (Å²) in [5.74, 6) is 1.52. The highest BCUT2D eigenvalue weighted by Crippen LogP contribution is 2.30. The van der Waals surface area contributed by atoms with Gasteiger partial charge in [0.25, 0.3) is 0 Å². The molecular formula is C17H19Cl2NO. The molecule has 0 spiro atoms. The van der Waals surface area contributed by atoms with Gasteiger partial charge in [0.1, 0.15) is 11.5 Å². The van der Waals surface area contributed by atoms with Crippen molar-refractivity contribution in [3.8, 4) is 11.5 Å². The van der Waals surface area contributed by atoms with E-state index < -0.39 is 0 Å². The summed E-state index contributed by atoms with van der Waals surface area (Å²) < 4.78 is 5.98. The topological polar surface area (TPSA) is 21.3 Å². The normalized spacial score (nSPS) is 11.0. The lowest BCUT2D eigenvalue weighted by atomic mass is 10.2. The van der Waals surface area contributed by atoms with Crippen LogP contribution in [0.3, 0.4) is 0 Å². The maximum atomic E-state index is 6.08. The predicted octanol–water partition coefficient (Wildman–Crippen LogP) is 5.59. The average molecular weight is 324 g/mol. The summed E-state index contributed by atoms with van der Waals surface area (Å²) >= 11 is 12.1. The van der Waals surface area contributed by atoms with Crippen LogP contribution < -0.4 is 10.1 Å². The Balaban J connectivity index is 2.24. The Morgan fingerprint density at radius 2 is 1.86 bits per heavy atom. The van der Waals surface area contributed by atoms with Crippen molar-refractivity contribution in [2.24, 2.45) is 0 Å². The van der Waals surface area contributed by atoms with Crippen molar-refractivity contribution in [3.63, 3.8) is 0 Å². The van der Waals surface area contributed by atoms with E-state index in [4.69, 9.17) is 27.9 Å². The summed E-state index contributed by atoms with van der Waals surface area (Å²) in [7, 11) is 0. The Labute approximate surface area is 136 Å². The highest BCUT2D eigenvalue weighted by atomic mass is 35.5. The molecule has 0 aliphatic rings. The van der Waals surface area contributed by atoms with Gasteiger partial charge in [-0.1, -0.05) is 43.1 Å². The van der Waals surface area contributed by atoms with Gasteiger partial charge >= 0.3 is 0 Å². The number of halogens is 2. The third-order valence-corrected chi connectivity index (χ3v) is 3.75. The molecular weight excluding hydrogens is 305 g/mol. The first-order valence-electron chi connectivity index (χ1n) is 6.91. The Kier molecular flexibility index (Phi) is 5.51. The van der Waals surface area contributed by atoms with E-state index in [0.717, 1.165) is 34.2 Å². The van der Waals surface area contributed by atoms with Crippen molar-refractivity contribution in [3.05, 3.63) is 57.6 Å². The standard InChI is InChI=1S/C17H19Cl2NO/c1-11(2)20-10-13-4-5-14(18)9-17(13)21-15-6-7-16(19)12(3)8-15/h4-9,11,20H,10H2,1-3H3. The lowest BCUT2D eigenvalue weighted by Crippen LogP contribution is -2.22. The predicted molar refractivity (Wildman–Crippen MR) is 89.7 cm³/mol. The number of ether oxygens (including phenoxy) is 1. The second-order valence-corrected chi connectivity index (χ2v) is 6.14. The van der Waals surface area contributed by atoms with Crippen LogP contribution in [-0.4, -0.2) is 6.04 Å². The van der Waals surface area contributed by atoms with Crippen LogP contribution in [0.1, 0.15) is 25.0 Å². The minimum Gasteiger partial charge on any atom is -0.457 e. The average Bonchev–Trinajstić information content (AvgIpc) is 2.42. The first kappa shape index (κ1) is 16.2. The molecule has 2 aromatic carbocycles. The fraction of sp³-hybridized carbons (Fsp3) is 0.294. The molecule has 0 heterocycles. The first-order valence-corrected chi connectivity index (χ1v) is 7.67. The zero-order chi connectivity index (χ0) is 15.4. The van der Waals surface area contributed by atoms with Crippen LogP contribution in [0.4, 0.5) is 0 Å². The summed E-state index contributed by atoms with van der Waals surface area (Å²) in [6.45, 7) is 6.91. The minimum absolute atomic E-state index is 0.409. The SMILES string of the molecule is Cc1cc(Oc2cc(Cl)ccc2CNC(C)C)ccc1Cl. The van der Waals surface area contributed by atoms with Gasteiger partial charge in [0.15, 0.2) is 0 Å². The smallest absolute Gasteiger partial charge is 0.133 e.